The van der Waals surface area contributed by atoms with Gasteiger partial charge in [0.25, 0.3) is 5.91 Å². The van der Waals surface area contributed by atoms with Crippen LogP contribution in [0.3, 0.4) is 0 Å². The number of nitrogens with zero attached hydrogens (tertiary/aromatic N) is 1. The predicted octanol–water partition coefficient (Wildman–Crippen LogP) is 0.347. The molecule has 2 amide bonds. The maximum Gasteiger partial charge on any atom is 0.256 e. The lowest BCUT2D eigenvalue weighted by Crippen LogP contribution is -2.52. The van der Waals surface area contributed by atoms with Crippen molar-refractivity contribution >= 4 is 23.6 Å². The third-order valence-electron chi connectivity index (χ3n) is 3.94. The topological polar surface area (TPSA) is 58.6 Å². The third-order valence-corrected chi connectivity index (χ3v) is 5.41. The average molecular weight is 270 g/mol. The van der Waals surface area contributed by atoms with Gasteiger partial charge in [-0.2, -0.15) is 0 Å². The van der Waals surface area contributed by atoms with Gasteiger partial charge in [0.15, 0.2) is 4.87 Å². The van der Waals surface area contributed by atoms with Gasteiger partial charge >= 0.3 is 0 Å². The molecule has 3 saturated heterocycles. The Labute approximate surface area is 111 Å². The Morgan fingerprint density at radius 2 is 2.50 bits per heavy atom. The molecule has 3 fully saturated rings. The molecule has 100 valence electrons. The first-order valence-corrected chi connectivity index (χ1v) is 7.55. The highest BCUT2D eigenvalue weighted by molar-refractivity contribution is 8.01. The smallest absolute Gasteiger partial charge is 0.256 e. The molecule has 6 heteroatoms. The maximum atomic E-state index is 12.4. The molecule has 0 radical (unpaired) electrons. The molecule has 0 spiro atoms. The van der Waals surface area contributed by atoms with E-state index in [-0.39, 0.29) is 17.9 Å². The summed E-state index contributed by atoms with van der Waals surface area (Å²) in [6.45, 7) is 2.07. The van der Waals surface area contributed by atoms with Crippen molar-refractivity contribution in [1.29, 1.82) is 0 Å². The molecule has 5 nitrogen and oxygen atoms in total. The molecule has 3 aliphatic heterocycles. The number of nitrogens with one attached hydrogen (secondary N) is 1. The highest BCUT2D eigenvalue weighted by Gasteiger charge is 2.54. The van der Waals surface area contributed by atoms with Gasteiger partial charge < -0.3 is 15.0 Å². The van der Waals surface area contributed by atoms with Gasteiger partial charge in [0.05, 0.1) is 6.10 Å². The van der Waals surface area contributed by atoms with Crippen molar-refractivity contribution in [3.05, 3.63) is 0 Å². The molecular weight excluding hydrogens is 252 g/mol. The molecule has 0 aromatic carbocycles. The SMILES string of the molecule is O=C1CC[C@]2(C(=O)NC[C@H]3CCCO3)SCCN12. The fourth-order valence-electron chi connectivity index (χ4n) is 2.96. The Bertz CT molecular complexity index is 370. The van der Waals surface area contributed by atoms with Crippen LogP contribution in [-0.4, -0.2) is 53.1 Å². The molecule has 0 aromatic heterocycles. The molecule has 0 aliphatic carbocycles. The van der Waals surface area contributed by atoms with Crippen molar-refractivity contribution in [2.24, 2.45) is 0 Å². The Kier molecular flexibility index (Phi) is 3.23. The molecule has 0 aromatic rings. The normalized spacial score (nSPS) is 35.0. The second kappa shape index (κ2) is 4.74. The monoisotopic (exact) mass is 270 g/mol. The summed E-state index contributed by atoms with van der Waals surface area (Å²) in [5.41, 5.74) is 0. The van der Waals surface area contributed by atoms with Gasteiger partial charge in [0.1, 0.15) is 0 Å². The van der Waals surface area contributed by atoms with Crippen molar-refractivity contribution in [2.45, 2.75) is 36.7 Å². The fourth-order valence-corrected chi connectivity index (χ4v) is 4.37. The number of rotatable bonds is 3. The summed E-state index contributed by atoms with van der Waals surface area (Å²) in [6.07, 6.45) is 3.39. The molecule has 3 rings (SSSR count). The highest BCUT2D eigenvalue weighted by Crippen LogP contribution is 2.44. The van der Waals surface area contributed by atoms with Gasteiger partial charge in [-0.05, 0) is 19.3 Å². The molecule has 3 heterocycles. The molecule has 0 saturated carbocycles. The molecular formula is C12H18N2O3S. The maximum absolute atomic E-state index is 12.4. The quantitative estimate of drug-likeness (QED) is 0.804. The van der Waals surface area contributed by atoms with E-state index in [2.05, 4.69) is 5.32 Å². The number of carbonyl (C=O) groups excluding carboxylic acids is 2. The predicted molar refractivity (Wildman–Crippen MR) is 68.1 cm³/mol. The number of hydrogen-bond donors (Lipinski definition) is 1. The summed E-state index contributed by atoms with van der Waals surface area (Å²) in [7, 11) is 0. The fraction of sp³-hybridized carbons (Fsp3) is 0.833. The Hall–Kier alpha value is -0.750. The van der Waals surface area contributed by atoms with Crippen molar-refractivity contribution in [2.75, 3.05) is 25.4 Å². The van der Waals surface area contributed by atoms with Crippen LogP contribution >= 0.6 is 11.8 Å². The van der Waals surface area contributed by atoms with Gasteiger partial charge in [0, 0.05) is 31.9 Å². The minimum absolute atomic E-state index is 0.00801. The minimum atomic E-state index is -0.615. The third kappa shape index (κ3) is 1.91. The van der Waals surface area contributed by atoms with Gasteiger partial charge in [-0.1, -0.05) is 0 Å². The van der Waals surface area contributed by atoms with Crippen LogP contribution < -0.4 is 5.32 Å². The van der Waals surface area contributed by atoms with E-state index < -0.39 is 4.87 Å². The lowest BCUT2D eigenvalue weighted by Gasteiger charge is -2.29. The van der Waals surface area contributed by atoms with Gasteiger partial charge in [-0.15, -0.1) is 11.8 Å². The zero-order chi connectivity index (χ0) is 12.6. The zero-order valence-corrected chi connectivity index (χ0v) is 11.1. The van der Waals surface area contributed by atoms with Crippen molar-refractivity contribution in [3.63, 3.8) is 0 Å². The van der Waals surface area contributed by atoms with Crippen LogP contribution in [0.5, 0.6) is 0 Å². The van der Waals surface area contributed by atoms with E-state index in [0.717, 1.165) is 25.2 Å². The highest BCUT2D eigenvalue weighted by atomic mass is 32.2. The first kappa shape index (κ1) is 12.3. The number of amides is 2. The lowest BCUT2D eigenvalue weighted by atomic mass is 10.2. The van der Waals surface area contributed by atoms with Crippen LogP contribution in [0.15, 0.2) is 0 Å². The largest absolute Gasteiger partial charge is 0.376 e. The summed E-state index contributed by atoms with van der Waals surface area (Å²) in [4.78, 5) is 25.2. The lowest BCUT2D eigenvalue weighted by molar-refractivity contribution is -0.136. The second-order valence-corrected chi connectivity index (χ2v) is 6.40. The Balaban J connectivity index is 1.62. The van der Waals surface area contributed by atoms with Crippen LogP contribution in [-0.2, 0) is 14.3 Å². The zero-order valence-electron chi connectivity index (χ0n) is 10.3. The molecule has 2 atom stereocenters. The molecule has 1 N–H and O–H groups in total. The number of fused-ring (bicyclic) bond motifs is 1. The van der Waals surface area contributed by atoms with Crippen LogP contribution in [0, 0.1) is 0 Å². The first-order valence-electron chi connectivity index (χ1n) is 6.57. The summed E-state index contributed by atoms with van der Waals surface area (Å²) < 4.78 is 5.49. The minimum Gasteiger partial charge on any atom is -0.376 e. The molecule has 0 bridgehead atoms. The second-order valence-electron chi connectivity index (χ2n) is 5.02. The van der Waals surface area contributed by atoms with E-state index in [0.29, 0.717) is 25.9 Å². The van der Waals surface area contributed by atoms with E-state index in [9.17, 15) is 9.59 Å². The van der Waals surface area contributed by atoms with Gasteiger partial charge in [-0.3, -0.25) is 9.59 Å². The Morgan fingerprint density at radius 3 is 3.28 bits per heavy atom. The van der Waals surface area contributed by atoms with Crippen LogP contribution in [0.25, 0.3) is 0 Å². The van der Waals surface area contributed by atoms with Crippen LogP contribution in [0.4, 0.5) is 0 Å². The van der Waals surface area contributed by atoms with E-state index in [1.165, 1.54) is 0 Å². The van der Waals surface area contributed by atoms with Gasteiger partial charge in [-0.25, -0.2) is 0 Å². The number of carbonyl (C=O) groups is 2. The Morgan fingerprint density at radius 1 is 1.61 bits per heavy atom. The average Bonchev–Trinajstić information content (AvgIpc) is 3.05. The van der Waals surface area contributed by atoms with Gasteiger partial charge in [0.2, 0.25) is 5.91 Å². The van der Waals surface area contributed by atoms with Crippen LogP contribution in [0.2, 0.25) is 0 Å². The summed E-state index contributed by atoms with van der Waals surface area (Å²) in [6, 6.07) is 0. The van der Waals surface area contributed by atoms with E-state index >= 15 is 0 Å². The molecule has 0 unspecified atom stereocenters. The van der Waals surface area contributed by atoms with Crippen molar-refractivity contribution in [3.8, 4) is 0 Å². The summed E-state index contributed by atoms with van der Waals surface area (Å²) >= 11 is 1.61. The van der Waals surface area contributed by atoms with Crippen LogP contribution in [0.1, 0.15) is 25.7 Å². The molecule has 3 aliphatic rings. The standard InChI is InChI=1S/C12H18N2O3S/c15-10-3-4-12(14(10)5-7-18-12)11(16)13-8-9-2-1-6-17-9/h9H,1-8H2,(H,13,16)/t9-,12-/m1/s1. The number of thioether (sulfide) groups is 1. The van der Waals surface area contributed by atoms with E-state index in [1.54, 1.807) is 16.7 Å². The van der Waals surface area contributed by atoms with E-state index in [1.807, 2.05) is 0 Å². The molecule has 18 heavy (non-hydrogen) atoms. The first-order chi connectivity index (χ1) is 8.72. The summed E-state index contributed by atoms with van der Waals surface area (Å²) in [5, 5.41) is 2.97. The van der Waals surface area contributed by atoms with E-state index in [4.69, 9.17) is 4.74 Å². The summed E-state index contributed by atoms with van der Waals surface area (Å²) in [5.74, 6) is 0.970. The number of ether oxygens (including phenoxy) is 1. The van der Waals surface area contributed by atoms with Crippen molar-refractivity contribution < 1.29 is 14.3 Å². The number of hydrogen-bond acceptors (Lipinski definition) is 4. The van der Waals surface area contributed by atoms with Crippen molar-refractivity contribution in [1.82, 2.24) is 10.2 Å².